The second-order valence-electron chi connectivity index (χ2n) is 5.14. The molecule has 122 valence electrons. The number of para-hydroxylation sites is 1. The highest BCUT2D eigenvalue weighted by molar-refractivity contribution is 7.13. The Bertz CT molecular complexity index is 775. The molecule has 0 spiro atoms. The minimum atomic E-state index is -4.94. The van der Waals surface area contributed by atoms with Gasteiger partial charge >= 0.3 is 6.18 Å². The number of thiazole rings is 1. The number of alkyl halides is 3. The van der Waals surface area contributed by atoms with E-state index in [2.05, 4.69) is 10.1 Å². The Labute approximate surface area is 133 Å². The number of hydrogen-bond acceptors (Lipinski definition) is 6. The minimum Gasteiger partial charge on any atom is -0.507 e. The number of aromatic hydroxyl groups is 1. The molecule has 2 aromatic rings. The first-order chi connectivity index (χ1) is 10.7. The van der Waals surface area contributed by atoms with E-state index < -0.39 is 18.3 Å². The molecule has 1 atom stereocenters. The molecule has 2 N–H and O–H groups in total. The summed E-state index contributed by atoms with van der Waals surface area (Å²) in [6, 6.07) is 5.91. The van der Waals surface area contributed by atoms with Crippen molar-refractivity contribution in [3.63, 3.8) is 0 Å². The van der Waals surface area contributed by atoms with Crippen LogP contribution in [0.1, 0.15) is 17.7 Å². The molecule has 23 heavy (non-hydrogen) atoms. The highest BCUT2D eigenvalue weighted by Gasteiger charge is 2.62. The van der Waals surface area contributed by atoms with Crippen molar-refractivity contribution in [3.05, 3.63) is 40.9 Å². The normalized spacial score (nSPS) is 21.6. The molecule has 0 saturated carbocycles. The first kappa shape index (κ1) is 15.8. The minimum absolute atomic E-state index is 0.0595. The summed E-state index contributed by atoms with van der Waals surface area (Å²) in [5, 5.41) is 25.9. The maximum atomic E-state index is 13.4. The van der Waals surface area contributed by atoms with Gasteiger partial charge in [0.25, 0.3) is 5.72 Å². The van der Waals surface area contributed by atoms with Gasteiger partial charge in [0, 0.05) is 10.9 Å². The Morgan fingerprint density at radius 3 is 2.57 bits per heavy atom. The number of halogens is 3. The third kappa shape index (κ3) is 2.55. The molecule has 3 rings (SSSR count). The Morgan fingerprint density at radius 1 is 1.30 bits per heavy atom. The standard InChI is InChI=1S/C14H12F3N3O2S/c1-8-7-23-12(18-8)20-13(22,14(15,16)17)6-10(19-20)9-4-2-3-5-11(9)21/h2-5,7,21-22H,6H2,1H3/t13-/m0/s1. The quantitative estimate of drug-likeness (QED) is 0.879. The number of nitrogens with zero attached hydrogens (tertiary/aromatic N) is 3. The van der Waals surface area contributed by atoms with Gasteiger partial charge in [0.15, 0.2) is 0 Å². The molecule has 1 aliphatic heterocycles. The van der Waals surface area contributed by atoms with Crippen molar-refractivity contribution in [2.75, 3.05) is 5.01 Å². The van der Waals surface area contributed by atoms with Gasteiger partial charge in [-0.3, -0.25) is 0 Å². The van der Waals surface area contributed by atoms with Crippen LogP contribution >= 0.6 is 11.3 Å². The summed E-state index contributed by atoms with van der Waals surface area (Å²) >= 11 is 0.952. The van der Waals surface area contributed by atoms with Crippen molar-refractivity contribution < 1.29 is 23.4 Å². The number of phenols is 1. The smallest absolute Gasteiger partial charge is 0.438 e. The number of anilines is 1. The third-order valence-electron chi connectivity index (χ3n) is 3.44. The molecule has 0 saturated heterocycles. The fourth-order valence-corrected chi connectivity index (χ4v) is 3.09. The predicted molar refractivity (Wildman–Crippen MR) is 79.6 cm³/mol. The molecule has 1 aromatic carbocycles. The first-order valence-corrected chi connectivity index (χ1v) is 7.47. The Hall–Kier alpha value is -2.13. The van der Waals surface area contributed by atoms with Gasteiger partial charge in [-0.2, -0.15) is 23.3 Å². The zero-order valence-electron chi connectivity index (χ0n) is 11.9. The lowest BCUT2D eigenvalue weighted by atomic mass is 10.0. The number of hydrazone groups is 1. The molecule has 0 unspecified atom stereocenters. The number of aliphatic hydroxyl groups is 1. The van der Waals surface area contributed by atoms with Crippen LogP contribution in [0.2, 0.25) is 0 Å². The Kier molecular flexibility index (Phi) is 3.56. The van der Waals surface area contributed by atoms with Gasteiger partial charge in [-0.05, 0) is 19.1 Å². The molecular formula is C14H12F3N3O2S. The molecule has 0 aliphatic carbocycles. The lowest BCUT2D eigenvalue weighted by Gasteiger charge is -2.32. The van der Waals surface area contributed by atoms with E-state index in [1.165, 1.54) is 12.1 Å². The van der Waals surface area contributed by atoms with Crippen molar-refractivity contribution in [1.82, 2.24) is 4.98 Å². The van der Waals surface area contributed by atoms with Gasteiger partial charge in [0.05, 0.1) is 17.8 Å². The molecular weight excluding hydrogens is 331 g/mol. The summed E-state index contributed by atoms with van der Waals surface area (Å²) in [7, 11) is 0. The number of hydrogen-bond donors (Lipinski definition) is 2. The second kappa shape index (κ2) is 5.20. The summed E-state index contributed by atoms with van der Waals surface area (Å²) in [6.45, 7) is 1.64. The average Bonchev–Trinajstić information content (AvgIpc) is 3.03. The predicted octanol–water partition coefficient (Wildman–Crippen LogP) is 3.02. The average molecular weight is 343 g/mol. The topological polar surface area (TPSA) is 69.0 Å². The van der Waals surface area contributed by atoms with Gasteiger partial charge in [0.2, 0.25) is 5.13 Å². The summed E-state index contributed by atoms with van der Waals surface area (Å²) in [4.78, 5) is 3.97. The van der Waals surface area contributed by atoms with E-state index in [-0.39, 0.29) is 22.2 Å². The van der Waals surface area contributed by atoms with Crippen LogP contribution in [-0.2, 0) is 0 Å². The molecule has 0 fully saturated rings. The summed E-state index contributed by atoms with van der Waals surface area (Å²) < 4.78 is 40.3. The molecule has 0 bridgehead atoms. The van der Waals surface area contributed by atoms with E-state index >= 15 is 0 Å². The fourth-order valence-electron chi connectivity index (χ4n) is 2.27. The zero-order valence-corrected chi connectivity index (χ0v) is 12.7. The first-order valence-electron chi connectivity index (χ1n) is 6.60. The number of benzene rings is 1. The van der Waals surface area contributed by atoms with Crippen LogP contribution < -0.4 is 5.01 Å². The second-order valence-corrected chi connectivity index (χ2v) is 5.97. The maximum Gasteiger partial charge on any atom is 0.438 e. The molecule has 1 aliphatic rings. The molecule has 0 radical (unpaired) electrons. The van der Waals surface area contributed by atoms with Crippen molar-refractivity contribution in [1.29, 1.82) is 0 Å². The van der Waals surface area contributed by atoms with Crippen molar-refractivity contribution in [2.45, 2.75) is 25.2 Å². The number of aryl methyl sites for hydroxylation is 1. The SMILES string of the molecule is Cc1csc(N2N=C(c3ccccc3O)C[C@]2(O)C(F)(F)F)n1. The molecule has 9 heteroatoms. The Balaban J connectivity index is 2.10. The third-order valence-corrected chi connectivity index (χ3v) is 4.38. The van der Waals surface area contributed by atoms with Gasteiger partial charge in [-0.15, -0.1) is 11.3 Å². The van der Waals surface area contributed by atoms with Crippen LogP contribution in [0.15, 0.2) is 34.7 Å². The molecule has 2 heterocycles. The van der Waals surface area contributed by atoms with Crippen LogP contribution in [0.3, 0.4) is 0 Å². The summed E-state index contributed by atoms with van der Waals surface area (Å²) in [6.07, 6.45) is -5.74. The highest BCUT2D eigenvalue weighted by Crippen LogP contribution is 2.44. The highest BCUT2D eigenvalue weighted by atomic mass is 32.1. The van der Waals surface area contributed by atoms with E-state index in [0.717, 1.165) is 11.3 Å². The molecule has 0 amide bonds. The van der Waals surface area contributed by atoms with Crippen molar-refractivity contribution in [3.8, 4) is 5.75 Å². The van der Waals surface area contributed by atoms with Gasteiger partial charge in [-0.25, -0.2) is 4.98 Å². The van der Waals surface area contributed by atoms with E-state index in [1.54, 1.807) is 24.4 Å². The summed E-state index contributed by atoms with van der Waals surface area (Å²) in [5.74, 6) is -0.201. The Morgan fingerprint density at radius 2 is 2.00 bits per heavy atom. The monoisotopic (exact) mass is 343 g/mol. The lowest BCUT2D eigenvalue weighted by Crippen LogP contribution is -2.55. The molecule has 1 aromatic heterocycles. The van der Waals surface area contributed by atoms with Crippen molar-refractivity contribution in [2.24, 2.45) is 5.10 Å². The summed E-state index contributed by atoms with van der Waals surface area (Å²) in [5.41, 5.74) is -2.59. The fraction of sp³-hybridized carbons (Fsp3) is 0.286. The number of rotatable bonds is 2. The van der Waals surface area contributed by atoms with Crippen LogP contribution in [0, 0.1) is 6.92 Å². The van der Waals surface area contributed by atoms with Crippen LogP contribution in [0.4, 0.5) is 18.3 Å². The van der Waals surface area contributed by atoms with E-state index in [1.807, 2.05) is 0 Å². The number of aromatic nitrogens is 1. The van der Waals surface area contributed by atoms with Crippen molar-refractivity contribution >= 4 is 22.2 Å². The van der Waals surface area contributed by atoms with Gasteiger partial charge in [0.1, 0.15) is 5.75 Å². The van der Waals surface area contributed by atoms with Crippen LogP contribution in [0.25, 0.3) is 0 Å². The van der Waals surface area contributed by atoms with E-state index in [4.69, 9.17) is 0 Å². The molecule has 5 nitrogen and oxygen atoms in total. The zero-order chi connectivity index (χ0) is 16.8. The van der Waals surface area contributed by atoms with Crippen LogP contribution in [0.5, 0.6) is 5.75 Å². The van der Waals surface area contributed by atoms with E-state index in [0.29, 0.717) is 10.7 Å². The van der Waals surface area contributed by atoms with Gasteiger partial charge < -0.3 is 10.2 Å². The maximum absolute atomic E-state index is 13.4. The number of phenolic OH excluding ortho intramolecular Hbond substituents is 1. The largest absolute Gasteiger partial charge is 0.507 e. The van der Waals surface area contributed by atoms with Crippen LogP contribution in [-0.4, -0.2) is 32.8 Å². The van der Waals surface area contributed by atoms with Gasteiger partial charge in [-0.1, -0.05) is 12.1 Å². The van der Waals surface area contributed by atoms with E-state index in [9.17, 15) is 23.4 Å². The lowest BCUT2D eigenvalue weighted by molar-refractivity contribution is -0.254.